The maximum atomic E-state index is 11.6. The van der Waals surface area contributed by atoms with Crippen LogP contribution in [-0.4, -0.2) is 34.7 Å². The van der Waals surface area contributed by atoms with Crippen LogP contribution < -0.4 is 10.6 Å². The fourth-order valence-electron chi connectivity index (χ4n) is 1.46. The summed E-state index contributed by atoms with van der Waals surface area (Å²) in [6.45, 7) is 4.71. The molecular weight excluding hydrogens is 248 g/mol. The highest BCUT2D eigenvalue weighted by Gasteiger charge is 2.02. The number of aryl methyl sites for hydroxylation is 1. The molecule has 0 spiro atoms. The normalized spacial score (nSPS) is 12.1. The first kappa shape index (κ1) is 14.9. The SMILES string of the molecule is CCS(=O)CCNCC(=O)Nc1cccc(C)c1. The average Bonchev–Trinajstić information content (AvgIpc) is 2.34. The van der Waals surface area contributed by atoms with Crippen molar-refractivity contribution in [1.29, 1.82) is 0 Å². The van der Waals surface area contributed by atoms with Crippen molar-refractivity contribution < 1.29 is 9.00 Å². The molecule has 2 N–H and O–H groups in total. The molecule has 0 aromatic heterocycles. The summed E-state index contributed by atoms with van der Waals surface area (Å²) >= 11 is 0. The molecule has 1 atom stereocenters. The Hall–Kier alpha value is -1.20. The Bertz CT molecular complexity index is 421. The summed E-state index contributed by atoms with van der Waals surface area (Å²) in [5, 5.41) is 5.79. The molecule has 0 fully saturated rings. The van der Waals surface area contributed by atoms with Crippen LogP contribution >= 0.6 is 0 Å². The van der Waals surface area contributed by atoms with Gasteiger partial charge in [-0.25, -0.2) is 0 Å². The first-order valence-electron chi connectivity index (χ1n) is 6.04. The Morgan fingerprint density at radius 2 is 2.17 bits per heavy atom. The van der Waals surface area contributed by atoms with E-state index < -0.39 is 10.8 Å². The van der Waals surface area contributed by atoms with E-state index in [-0.39, 0.29) is 12.5 Å². The molecule has 0 saturated heterocycles. The largest absolute Gasteiger partial charge is 0.325 e. The van der Waals surface area contributed by atoms with Gasteiger partial charge in [-0.2, -0.15) is 0 Å². The minimum atomic E-state index is -0.777. The van der Waals surface area contributed by atoms with Gasteiger partial charge in [-0.1, -0.05) is 19.1 Å². The van der Waals surface area contributed by atoms with Crippen molar-refractivity contribution in [2.75, 3.05) is 29.9 Å². The van der Waals surface area contributed by atoms with E-state index >= 15 is 0 Å². The van der Waals surface area contributed by atoms with Crippen molar-refractivity contribution in [3.8, 4) is 0 Å². The molecule has 1 amide bonds. The third kappa shape index (κ3) is 5.93. The second-order valence-corrected chi connectivity index (χ2v) is 5.89. The predicted molar refractivity (Wildman–Crippen MR) is 76.2 cm³/mol. The van der Waals surface area contributed by atoms with Gasteiger partial charge in [0.1, 0.15) is 0 Å². The molecule has 1 unspecified atom stereocenters. The monoisotopic (exact) mass is 268 g/mol. The third-order valence-electron chi connectivity index (χ3n) is 2.42. The van der Waals surface area contributed by atoms with Crippen molar-refractivity contribution in [1.82, 2.24) is 5.32 Å². The minimum absolute atomic E-state index is 0.0807. The van der Waals surface area contributed by atoms with Gasteiger partial charge in [0.15, 0.2) is 0 Å². The fourth-order valence-corrected chi connectivity index (χ4v) is 2.12. The second-order valence-electron chi connectivity index (χ2n) is 4.03. The van der Waals surface area contributed by atoms with Gasteiger partial charge in [-0.3, -0.25) is 9.00 Å². The van der Waals surface area contributed by atoms with Crippen LogP contribution in [0.5, 0.6) is 0 Å². The van der Waals surface area contributed by atoms with Gasteiger partial charge in [0.2, 0.25) is 5.91 Å². The number of benzene rings is 1. The highest BCUT2D eigenvalue weighted by atomic mass is 32.2. The van der Waals surface area contributed by atoms with Gasteiger partial charge in [-0.15, -0.1) is 0 Å². The van der Waals surface area contributed by atoms with E-state index in [0.29, 0.717) is 18.1 Å². The van der Waals surface area contributed by atoms with E-state index in [0.717, 1.165) is 11.3 Å². The molecular formula is C13H20N2O2S. The van der Waals surface area contributed by atoms with Crippen LogP contribution in [0.15, 0.2) is 24.3 Å². The van der Waals surface area contributed by atoms with Crippen LogP contribution in [0.25, 0.3) is 0 Å². The number of carbonyl (C=O) groups excluding carboxylic acids is 1. The van der Waals surface area contributed by atoms with Gasteiger partial charge >= 0.3 is 0 Å². The smallest absolute Gasteiger partial charge is 0.238 e. The average molecular weight is 268 g/mol. The summed E-state index contributed by atoms with van der Waals surface area (Å²) in [6, 6.07) is 7.66. The molecule has 1 aromatic rings. The molecule has 4 nitrogen and oxygen atoms in total. The quantitative estimate of drug-likeness (QED) is 0.733. The zero-order valence-electron chi connectivity index (χ0n) is 10.9. The Morgan fingerprint density at radius 1 is 1.39 bits per heavy atom. The van der Waals surface area contributed by atoms with Crippen molar-refractivity contribution in [3.05, 3.63) is 29.8 Å². The molecule has 0 radical (unpaired) electrons. The van der Waals surface area contributed by atoms with E-state index in [4.69, 9.17) is 0 Å². The number of nitrogens with one attached hydrogen (secondary N) is 2. The van der Waals surface area contributed by atoms with E-state index in [1.165, 1.54) is 0 Å². The van der Waals surface area contributed by atoms with E-state index in [1.807, 2.05) is 38.1 Å². The Balaban J connectivity index is 2.24. The second kappa shape index (κ2) is 8.00. The first-order chi connectivity index (χ1) is 8.61. The Kier molecular flexibility index (Phi) is 6.60. The summed E-state index contributed by atoms with van der Waals surface area (Å²) < 4.78 is 11.2. The third-order valence-corrected chi connectivity index (χ3v) is 3.72. The first-order valence-corrected chi connectivity index (χ1v) is 7.53. The van der Waals surface area contributed by atoms with Crippen molar-refractivity contribution in [3.63, 3.8) is 0 Å². The Morgan fingerprint density at radius 3 is 2.83 bits per heavy atom. The number of hydrogen-bond acceptors (Lipinski definition) is 3. The topological polar surface area (TPSA) is 58.2 Å². The molecule has 0 saturated carbocycles. The minimum Gasteiger partial charge on any atom is -0.325 e. The van der Waals surface area contributed by atoms with Crippen molar-refractivity contribution >= 4 is 22.4 Å². The van der Waals surface area contributed by atoms with Crippen LogP contribution in [0.3, 0.4) is 0 Å². The molecule has 0 aliphatic heterocycles. The molecule has 1 aromatic carbocycles. The number of anilines is 1. The van der Waals surface area contributed by atoms with Crippen molar-refractivity contribution in [2.24, 2.45) is 0 Å². The summed E-state index contributed by atoms with van der Waals surface area (Å²) in [5.41, 5.74) is 1.91. The summed E-state index contributed by atoms with van der Waals surface area (Å²) in [7, 11) is -0.777. The molecule has 1 rings (SSSR count). The van der Waals surface area contributed by atoms with Gasteiger partial charge < -0.3 is 10.6 Å². The lowest BCUT2D eigenvalue weighted by Gasteiger charge is -2.07. The molecule has 0 aliphatic carbocycles. The van der Waals surface area contributed by atoms with Gasteiger partial charge in [0, 0.05) is 34.5 Å². The van der Waals surface area contributed by atoms with Gasteiger partial charge in [-0.05, 0) is 24.6 Å². The number of carbonyl (C=O) groups is 1. The zero-order valence-corrected chi connectivity index (χ0v) is 11.7. The Labute approximate surface area is 111 Å². The van der Waals surface area contributed by atoms with Crippen LogP contribution in [0.2, 0.25) is 0 Å². The number of rotatable bonds is 7. The maximum Gasteiger partial charge on any atom is 0.238 e. The number of amides is 1. The zero-order chi connectivity index (χ0) is 13.4. The standard InChI is InChI=1S/C13H20N2O2S/c1-3-18(17)8-7-14-10-13(16)15-12-6-4-5-11(2)9-12/h4-6,9,14H,3,7-8,10H2,1-2H3,(H,15,16). The van der Waals surface area contributed by atoms with Crippen molar-refractivity contribution in [2.45, 2.75) is 13.8 Å². The van der Waals surface area contributed by atoms with Crippen LogP contribution in [0, 0.1) is 6.92 Å². The fraction of sp³-hybridized carbons (Fsp3) is 0.462. The lowest BCUT2D eigenvalue weighted by molar-refractivity contribution is -0.115. The van der Waals surface area contributed by atoms with E-state index in [2.05, 4.69) is 10.6 Å². The predicted octanol–water partition coefficient (Wildman–Crippen LogP) is 1.29. The van der Waals surface area contributed by atoms with Crippen LogP contribution in [0.4, 0.5) is 5.69 Å². The van der Waals surface area contributed by atoms with Gasteiger partial charge in [0.25, 0.3) is 0 Å². The molecule has 0 aliphatic rings. The highest BCUT2D eigenvalue weighted by Crippen LogP contribution is 2.08. The molecule has 18 heavy (non-hydrogen) atoms. The maximum absolute atomic E-state index is 11.6. The molecule has 0 bridgehead atoms. The highest BCUT2D eigenvalue weighted by molar-refractivity contribution is 7.84. The van der Waals surface area contributed by atoms with Gasteiger partial charge in [0.05, 0.1) is 6.54 Å². The summed E-state index contributed by atoms with van der Waals surface area (Å²) in [4.78, 5) is 11.6. The summed E-state index contributed by atoms with van der Waals surface area (Å²) in [5.74, 6) is 1.17. The number of hydrogen-bond donors (Lipinski definition) is 2. The molecule has 0 heterocycles. The van der Waals surface area contributed by atoms with E-state index in [9.17, 15) is 9.00 Å². The molecule has 5 heteroatoms. The van der Waals surface area contributed by atoms with Crippen LogP contribution in [-0.2, 0) is 15.6 Å². The van der Waals surface area contributed by atoms with E-state index in [1.54, 1.807) is 0 Å². The lowest BCUT2D eigenvalue weighted by Crippen LogP contribution is -2.30. The molecule has 100 valence electrons. The lowest BCUT2D eigenvalue weighted by atomic mass is 10.2. The van der Waals surface area contributed by atoms with Crippen LogP contribution in [0.1, 0.15) is 12.5 Å². The summed E-state index contributed by atoms with van der Waals surface area (Å²) in [6.07, 6.45) is 0.